The zero-order valence-corrected chi connectivity index (χ0v) is 8.54. The summed E-state index contributed by atoms with van der Waals surface area (Å²) in [7, 11) is 0. The first-order valence-electron chi connectivity index (χ1n) is 3.37. The monoisotopic (exact) mass is 255 g/mol. The number of hydrogen-bond acceptors (Lipinski definition) is 2. The SMILES string of the molecule is NCC(c1csc(Br)c1)C(F)F. The van der Waals surface area contributed by atoms with Gasteiger partial charge in [-0.1, -0.05) is 0 Å². The Kier molecular flexibility index (Phi) is 3.61. The summed E-state index contributed by atoms with van der Waals surface area (Å²) in [6.45, 7) is -0.0131. The first-order valence-corrected chi connectivity index (χ1v) is 5.04. The van der Waals surface area contributed by atoms with Crippen LogP contribution in [0, 0.1) is 0 Å². The first-order chi connectivity index (χ1) is 5.65. The average molecular weight is 256 g/mol. The van der Waals surface area contributed by atoms with Gasteiger partial charge in [0.2, 0.25) is 6.43 Å². The zero-order valence-electron chi connectivity index (χ0n) is 6.14. The molecule has 0 amide bonds. The van der Waals surface area contributed by atoms with E-state index in [0.717, 1.165) is 3.79 Å². The number of thiophene rings is 1. The maximum atomic E-state index is 12.3. The first kappa shape index (κ1) is 10.1. The van der Waals surface area contributed by atoms with Gasteiger partial charge in [-0.05, 0) is 32.9 Å². The molecule has 0 aliphatic heterocycles. The van der Waals surface area contributed by atoms with Gasteiger partial charge in [-0.25, -0.2) is 8.78 Å². The Balaban J connectivity index is 2.80. The smallest absolute Gasteiger partial charge is 0.246 e. The molecule has 0 radical (unpaired) electrons. The molecule has 1 nitrogen and oxygen atoms in total. The highest BCUT2D eigenvalue weighted by molar-refractivity contribution is 9.11. The Morgan fingerprint density at radius 3 is 2.58 bits per heavy atom. The lowest BCUT2D eigenvalue weighted by atomic mass is 10.0. The lowest BCUT2D eigenvalue weighted by Gasteiger charge is -2.10. The Morgan fingerprint density at radius 2 is 2.25 bits per heavy atom. The van der Waals surface area contributed by atoms with Crippen molar-refractivity contribution in [2.45, 2.75) is 12.3 Å². The van der Waals surface area contributed by atoms with E-state index in [4.69, 9.17) is 5.73 Å². The van der Waals surface area contributed by atoms with Crippen LogP contribution in [0.3, 0.4) is 0 Å². The van der Waals surface area contributed by atoms with Crippen molar-refractivity contribution in [1.82, 2.24) is 0 Å². The Bertz CT molecular complexity index is 251. The standard InChI is InChI=1S/C7H8BrF2NS/c8-6-1-4(3-12-6)5(2-11)7(9)10/h1,3,5,7H,2,11H2. The van der Waals surface area contributed by atoms with Crippen molar-refractivity contribution in [2.24, 2.45) is 5.73 Å². The number of hydrogen-bond donors (Lipinski definition) is 1. The lowest BCUT2D eigenvalue weighted by molar-refractivity contribution is 0.117. The van der Waals surface area contributed by atoms with Crippen LogP contribution >= 0.6 is 27.3 Å². The van der Waals surface area contributed by atoms with Crippen molar-refractivity contribution in [1.29, 1.82) is 0 Å². The van der Waals surface area contributed by atoms with Gasteiger partial charge >= 0.3 is 0 Å². The number of alkyl halides is 2. The van der Waals surface area contributed by atoms with Crippen LogP contribution in [0.5, 0.6) is 0 Å². The molecule has 5 heteroatoms. The van der Waals surface area contributed by atoms with Gasteiger partial charge in [0.25, 0.3) is 0 Å². The third-order valence-electron chi connectivity index (χ3n) is 1.57. The van der Waals surface area contributed by atoms with Crippen molar-refractivity contribution in [3.63, 3.8) is 0 Å². The maximum Gasteiger partial charge on any atom is 0.246 e. The van der Waals surface area contributed by atoms with Crippen molar-refractivity contribution in [3.8, 4) is 0 Å². The number of nitrogens with two attached hydrogens (primary N) is 1. The summed E-state index contributed by atoms with van der Waals surface area (Å²) < 4.78 is 25.5. The second kappa shape index (κ2) is 4.30. The van der Waals surface area contributed by atoms with Crippen molar-refractivity contribution in [3.05, 3.63) is 20.8 Å². The van der Waals surface area contributed by atoms with E-state index in [1.165, 1.54) is 11.3 Å². The van der Waals surface area contributed by atoms with Crippen LogP contribution in [0.25, 0.3) is 0 Å². The van der Waals surface area contributed by atoms with Gasteiger partial charge in [0.1, 0.15) is 0 Å². The molecule has 1 aromatic heterocycles. The highest BCUT2D eigenvalue weighted by atomic mass is 79.9. The molecule has 0 bridgehead atoms. The summed E-state index contributed by atoms with van der Waals surface area (Å²) in [5.41, 5.74) is 5.84. The molecule has 1 rings (SSSR count). The van der Waals surface area contributed by atoms with Crippen molar-refractivity contribution >= 4 is 27.3 Å². The maximum absolute atomic E-state index is 12.3. The molecular formula is C7H8BrF2NS. The van der Waals surface area contributed by atoms with Gasteiger partial charge in [-0.2, -0.15) is 0 Å². The largest absolute Gasteiger partial charge is 0.330 e. The molecule has 0 aliphatic carbocycles. The fourth-order valence-corrected chi connectivity index (χ4v) is 2.14. The molecule has 0 saturated heterocycles. The Morgan fingerprint density at radius 1 is 1.58 bits per heavy atom. The molecule has 2 N–H and O–H groups in total. The Hall–Kier alpha value is -0.000000000000000111. The van der Waals surface area contributed by atoms with E-state index in [1.807, 2.05) is 0 Å². The van der Waals surface area contributed by atoms with Gasteiger partial charge < -0.3 is 5.73 Å². The van der Waals surface area contributed by atoms with Crippen LogP contribution in [-0.2, 0) is 0 Å². The summed E-state index contributed by atoms with van der Waals surface area (Å²) in [6, 6.07) is 1.69. The minimum Gasteiger partial charge on any atom is -0.330 e. The normalized spacial score (nSPS) is 13.8. The fourth-order valence-electron chi connectivity index (χ4n) is 0.902. The van der Waals surface area contributed by atoms with E-state index >= 15 is 0 Å². The zero-order chi connectivity index (χ0) is 9.14. The highest BCUT2D eigenvalue weighted by Crippen LogP contribution is 2.29. The van der Waals surface area contributed by atoms with Crippen LogP contribution < -0.4 is 5.73 Å². The molecular weight excluding hydrogens is 248 g/mol. The molecule has 12 heavy (non-hydrogen) atoms. The van der Waals surface area contributed by atoms with E-state index in [0.29, 0.717) is 5.56 Å². The minimum absolute atomic E-state index is 0.0131. The second-order valence-electron chi connectivity index (χ2n) is 2.36. The molecule has 0 spiro atoms. The summed E-state index contributed by atoms with van der Waals surface area (Å²) in [6.07, 6.45) is -2.38. The van der Waals surface area contributed by atoms with Gasteiger partial charge in [0.05, 0.1) is 9.70 Å². The predicted octanol–water partition coefficient (Wildman–Crippen LogP) is 2.82. The average Bonchev–Trinajstić information content (AvgIpc) is 2.37. The highest BCUT2D eigenvalue weighted by Gasteiger charge is 2.21. The van der Waals surface area contributed by atoms with Gasteiger partial charge in [-0.15, -0.1) is 11.3 Å². The van der Waals surface area contributed by atoms with E-state index in [-0.39, 0.29) is 6.54 Å². The third-order valence-corrected chi connectivity index (χ3v) is 3.10. The molecule has 0 saturated carbocycles. The van der Waals surface area contributed by atoms with Gasteiger partial charge in [0.15, 0.2) is 0 Å². The molecule has 1 aromatic rings. The summed E-state index contributed by atoms with van der Waals surface area (Å²) >= 11 is 4.60. The van der Waals surface area contributed by atoms with Gasteiger partial charge in [0, 0.05) is 6.54 Å². The fraction of sp³-hybridized carbons (Fsp3) is 0.429. The lowest BCUT2D eigenvalue weighted by Crippen LogP contribution is -2.18. The molecule has 0 fully saturated rings. The van der Waals surface area contributed by atoms with Crippen LogP contribution in [0.2, 0.25) is 0 Å². The molecule has 1 heterocycles. The molecule has 0 aromatic carbocycles. The van der Waals surface area contributed by atoms with Gasteiger partial charge in [-0.3, -0.25) is 0 Å². The molecule has 0 aliphatic rings. The number of rotatable bonds is 3. The third kappa shape index (κ3) is 2.24. The summed E-state index contributed by atoms with van der Waals surface area (Å²) in [5.74, 6) is -0.826. The molecule has 68 valence electrons. The van der Waals surface area contributed by atoms with Crippen molar-refractivity contribution < 1.29 is 8.78 Å². The summed E-state index contributed by atoms with van der Waals surface area (Å²) in [4.78, 5) is 0. The van der Waals surface area contributed by atoms with Crippen molar-refractivity contribution in [2.75, 3.05) is 6.54 Å². The predicted molar refractivity (Wildman–Crippen MR) is 49.8 cm³/mol. The molecule has 1 unspecified atom stereocenters. The van der Waals surface area contributed by atoms with E-state index in [9.17, 15) is 8.78 Å². The minimum atomic E-state index is -2.38. The Labute approximate surface area is 81.7 Å². The number of halogens is 3. The second-order valence-corrected chi connectivity index (χ2v) is 4.65. The quantitative estimate of drug-likeness (QED) is 0.884. The van der Waals surface area contributed by atoms with Crippen LogP contribution in [0.15, 0.2) is 15.2 Å². The topological polar surface area (TPSA) is 26.0 Å². The molecule has 1 atom stereocenters. The van der Waals surface area contributed by atoms with E-state index in [2.05, 4.69) is 15.9 Å². The van der Waals surface area contributed by atoms with Crippen LogP contribution in [-0.4, -0.2) is 13.0 Å². The van der Waals surface area contributed by atoms with Crippen LogP contribution in [0.4, 0.5) is 8.78 Å². The van der Waals surface area contributed by atoms with E-state index in [1.54, 1.807) is 11.4 Å². The van der Waals surface area contributed by atoms with Crippen LogP contribution in [0.1, 0.15) is 11.5 Å². The van der Waals surface area contributed by atoms with E-state index < -0.39 is 12.3 Å². The summed E-state index contributed by atoms with van der Waals surface area (Å²) in [5, 5.41) is 1.70.